The highest BCUT2D eigenvalue weighted by Gasteiger charge is 2.05. The van der Waals surface area contributed by atoms with Gasteiger partial charge in [0.05, 0.1) is 0 Å². The van der Waals surface area contributed by atoms with Crippen LogP contribution in [0.25, 0.3) is 0 Å². The molecule has 0 aliphatic heterocycles. The van der Waals surface area contributed by atoms with Crippen molar-refractivity contribution >= 4 is 5.97 Å². The normalized spacial score (nSPS) is 11.1. The third-order valence-corrected chi connectivity index (χ3v) is 4.64. The number of hydrogen-bond donors (Lipinski definition) is 1. The zero-order chi connectivity index (χ0) is 18.8. The van der Waals surface area contributed by atoms with Crippen molar-refractivity contribution < 1.29 is 9.90 Å². The molecule has 0 unspecified atom stereocenters. The van der Waals surface area contributed by atoms with E-state index in [2.05, 4.69) is 25.7 Å². The van der Waals surface area contributed by atoms with Crippen LogP contribution in [0.4, 0.5) is 0 Å². The first-order valence-electron chi connectivity index (χ1n) is 10.3. The summed E-state index contributed by atoms with van der Waals surface area (Å²) in [5, 5.41) is 8.75. The Morgan fingerprint density at radius 3 is 1.88 bits per heavy atom. The number of carboxylic acid groups (broad SMARTS) is 1. The van der Waals surface area contributed by atoms with Crippen molar-refractivity contribution in [1.82, 2.24) is 4.90 Å². The third-order valence-electron chi connectivity index (χ3n) is 4.64. The van der Waals surface area contributed by atoms with Crippen LogP contribution in [0, 0.1) is 0 Å². The zero-order valence-corrected chi connectivity index (χ0v) is 16.8. The van der Waals surface area contributed by atoms with Crippen LogP contribution >= 0.6 is 0 Å². The third kappa shape index (κ3) is 17.4. The van der Waals surface area contributed by atoms with Gasteiger partial charge in [-0.25, -0.2) is 0 Å². The van der Waals surface area contributed by atoms with Crippen LogP contribution in [0.5, 0.6) is 0 Å². The molecule has 0 aromatic rings. The molecule has 0 aromatic carbocycles. The van der Waals surface area contributed by atoms with Gasteiger partial charge in [0.25, 0.3) is 0 Å². The predicted octanol–water partition coefficient (Wildman–Crippen LogP) is 6.55. The number of unbranched alkanes of at least 4 members (excludes halogenated alkanes) is 11. The summed E-state index contributed by atoms with van der Waals surface area (Å²) >= 11 is 0. The average molecular weight is 352 g/mol. The van der Waals surface area contributed by atoms with E-state index in [0.717, 1.165) is 18.5 Å². The molecule has 1 N–H and O–H groups in total. The van der Waals surface area contributed by atoms with E-state index in [1.807, 2.05) is 0 Å². The number of hydrogen-bond acceptors (Lipinski definition) is 2. The molecule has 0 aliphatic carbocycles. The lowest BCUT2D eigenvalue weighted by Crippen LogP contribution is -2.24. The Morgan fingerprint density at radius 1 is 0.880 bits per heavy atom. The maximum atomic E-state index is 10.6. The van der Waals surface area contributed by atoms with Crippen LogP contribution in [-0.4, -0.2) is 29.6 Å². The molecule has 0 spiro atoms. The van der Waals surface area contributed by atoms with E-state index in [4.69, 9.17) is 5.11 Å². The lowest BCUT2D eigenvalue weighted by molar-refractivity contribution is -0.137. The van der Waals surface area contributed by atoms with E-state index >= 15 is 0 Å². The summed E-state index contributed by atoms with van der Waals surface area (Å²) in [5.41, 5.74) is 0.931. The predicted molar refractivity (Wildman–Crippen MR) is 109 cm³/mol. The Hall–Kier alpha value is -1.25. The van der Waals surface area contributed by atoms with Crippen LogP contribution in [0.2, 0.25) is 0 Å². The summed E-state index contributed by atoms with van der Waals surface area (Å²) in [6, 6.07) is 0. The van der Waals surface area contributed by atoms with Crippen LogP contribution in [0.1, 0.15) is 96.8 Å². The van der Waals surface area contributed by atoms with Gasteiger partial charge in [0.2, 0.25) is 0 Å². The molecule has 0 aromatic heterocycles. The molecule has 3 nitrogen and oxygen atoms in total. The van der Waals surface area contributed by atoms with E-state index < -0.39 is 5.97 Å². The fraction of sp³-hybridized carbons (Fsp3) is 0.773. The molecule has 0 atom stereocenters. The van der Waals surface area contributed by atoms with Gasteiger partial charge in [-0.1, -0.05) is 77.0 Å². The Balaban J connectivity index is 3.31. The number of likely N-dealkylation sites (N-methyl/N-ethyl adjacent to an activating group) is 1. The largest absolute Gasteiger partial charge is 0.480 e. The Labute approximate surface area is 156 Å². The number of carboxylic acids is 1. The summed E-state index contributed by atoms with van der Waals surface area (Å²) in [5.74, 6) is -0.798. The van der Waals surface area contributed by atoms with Crippen LogP contribution in [-0.2, 0) is 4.79 Å². The summed E-state index contributed by atoms with van der Waals surface area (Å²) < 4.78 is 0. The topological polar surface area (TPSA) is 40.5 Å². The summed E-state index contributed by atoms with van der Waals surface area (Å²) in [6.07, 6.45) is 22.5. The average Bonchev–Trinajstić information content (AvgIpc) is 2.57. The van der Waals surface area contributed by atoms with Crippen molar-refractivity contribution in [2.24, 2.45) is 0 Å². The minimum Gasteiger partial charge on any atom is -0.480 e. The number of nitrogens with zero attached hydrogens (tertiary/aromatic N) is 1. The van der Waals surface area contributed by atoms with Gasteiger partial charge in [0.1, 0.15) is 6.54 Å². The van der Waals surface area contributed by atoms with E-state index in [9.17, 15) is 4.79 Å². The summed E-state index contributed by atoms with van der Waals surface area (Å²) in [4.78, 5) is 12.4. The van der Waals surface area contributed by atoms with E-state index in [1.165, 1.54) is 77.0 Å². The molecule has 0 rings (SSSR count). The monoisotopic (exact) mass is 351 g/mol. The number of aliphatic carboxylic acids is 1. The molecule has 0 amide bonds. The summed E-state index contributed by atoms with van der Waals surface area (Å²) in [7, 11) is 1.80. The van der Waals surface area contributed by atoms with Gasteiger partial charge in [-0.15, -0.1) is 0 Å². The van der Waals surface area contributed by atoms with Crippen LogP contribution in [0.3, 0.4) is 0 Å². The lowest BCUT2D eigenvalue weighted by atomic mass is 10.1. The number of rotatable bonds is 18. The minimum absolute atomic E-state index is 0.0455. The van der Waals surface area contributed by atoms with Crippen molar-refractivity contribution in [3.63, 3.8) is 0 Å². The highest BCUT2D eigenvalue weighted by atomic mass is 16.4. The van der Waals surface area contributed by atoms with Gasteiger partial charge in [0.15, 0.2) is 0 Å². The number of carbonyl (C=O) groups is 1. The molecule has 0 bridgehead atoms. The fourth-order valence-corrected chi connectivity index (χ4v) is 2.91. The van der Waals surface area contributed by atoms with Crippen molar-refractivity contribution in [3.8, 4) is 0 Å². The molecular formula is C22H41NO2. The first kappa shape index (κ1) is 23.8. The smallest absolute Gasteiger partial charge is 0.323 e. The molecule has 0 aliphatic rings. The molecule has 0 radical (unpaired) electrons. The summed E-state index contributed by atoms with van der Waals surface area (Å²) in [6.45, 7) is 6.27. The first-order valence-corrected chi connectivity index (χ1v) is 10.3. The van der Waals surface area contributed by atoms with E-state index in [1.54, 1.807) is 11.9 Å². The van der Waals surface area contributed by atoms with Crippen molar-refractivity contribution in [1.29, 1.82) is 0 Å². The Bertz CT molecular complexity index is 363. The molecular weight excluding hydrogens is 310 g/mol. The molecule has 146 valence electrons. The Morgan fingerprint density at radius 2 is 1.36 bits per heavy atom. The fourth-order valence-electron chi connectivity index (χ4n) is 2.91. The molecule has 0 fully saturated rings. The Kier molecular flexibility index (Phi) is 16.7. The molecule has 0 heterocycles. The molecule has 0 saturated heterocycles. The molecule has 3 heteroatoms. The van der Waals surface area contributed by atoms with E-state index in [-0.39, 0.29) is 6.54 Å². The van der Waals surface area contributed by atoms with Crippen molar-refractivity contribution in [3.05, 3.63) is 24.4 Å². The SMILES string of the molecule is C=C(CCCCCCC/C=C\CCCCCCCC)N(C)CC(=O)O. The van der Waals surface area contributed by atoms with Crippen LogP contribution in [0.15, 0.2) is 24.4 Å². The zero-order valence-electron chi connectivity index (χ0n) is 16.8. The second kappa shape index (κ2) is 17.6. The second-order valence-electron chi connectivity index (χ2n) is 7.15. The maximum Gasteiger partial charge on any atom is 0.323 e. The minimum atomic E-state index is -0.798. The maximum absolute atomic E-state index is 10.6. The van der Waals surface area contributed by atoms with Crippen molar-refractivity contribution in [2.75, 3.05) is 13.6 Å². The lowest BCUT2D eigenvalue weighted by Gasteiger charge is -2.19. The highest BCUT2D eigenvalue weighted by molar-refractivity contribution is 5.69. The number of allylic oxidation sites excluding steroid dienone is 3. The van der Waals surface area contributed by atoms with Gasteiger partial charge in [-0.05, 0) is 38.5 Å². The van der Waals surface area contributed by atoms with Gasteiger partial charge in [-0.3, -0.25) is 4.79 Å². The van der Waals surface area contributed by atoms with Gasteiger partial charge < -0.3 is 10.0 Å². The first-order chi connectivity index (χ1) is 12.1. The van der Waals surface area contributed by atoms with E-state index in [0.29, 0.717) is 0 Å². The quantitative estimate of drug-likeness (QED) is 0.225. The second-order valence-corrected chi connectivity index (χ2v) is 7.15. The molecule has 0 saturated carbocycles. The van der Waals surface area contributed by atoms with Crippen LogP contribution < -0.4 is 0 Å². The molecule has 25 heavy (non-hydrogen) atoms. The van der Waals surface area contributed by atoms with Crippen molar-refractivity contribution in [2.45, 2.75) is 96.8 Å². The highest BCUT2D eigenvalue weighted by Crippen LogP contribution is 2.13. The van der Waals surface area contributed by atoms with Gasteiger partial charge in [-0.2, -0.15) is 0 Å². The van der Waals surface area contributed by atoms with Gasteiger partial charge >= 0.3 is 5.97 Å². The van der Waals surface area contributed by atoms with Gasteiger partial charge in [0, 0.05) is 12.7 Å². The standard InChI is InChI=1S/C22H41NO2/c1-4-5-6-7-8-9-10-11-12-13-14-15-16-17-18-19-21(2)23(3)20-22(24)25/h11-12H,2,4-10,13-20H2,1,3H3,(H,24,25)/b12-11-.